The van der Waals surface area contributed by atoms with Crippen LogP contribution in [0.25, 0.3) is 0 Å². The Hall–Kier alpha value is 0.160. The molecular weight excluding hydrogens is 238 g/mol. The minimum atomic E-state index is -3.11. The Morgan fingerprint density at radius 2 is 2.20 bits per heavy atom. The molecule has 0 aromatic heterocycles. The number of ether oxygens (including phenoxy) is 1. The Bertz CT molecular complexity index is 281. The van der Waals surface area contributed by atoms with Crippen LogP contribution in [0.15, 0.2) is 0 Å². The summed E-state index contributed by atoms with van der Waals surface area (Å²) in [7, 11) is -3.11. The Labute approximate surface area is 96.6 Å². The summed E-state index contributed by atoms with van der Waals surface area (Å²) in [5, 5.41) is 0. The lowest BCUT2D eigenvalue weighted by atomic mass is 10.3. The van der Waals surface area contributed by atoms with Gasteiger partial charge in [0.05, 0.1) is 19.0 Å². The van der Waals surface area contributed by atoms with Gasteiger partial charge in [0.2, 0.25) is 10.0 Å². The van der Waals surface area contributed by atoms with Crippen molar-refractivity contribution in [1.29, 1.82) is 0 Å². The van der Waals surface area contributed by atoms with Gasteiger partial charge in [0.15, 0.2) is 0 Å². The van der Waals surface area contributed by atoms with Crippen LogP contribution < -0.4 is 0 Å². The lowest BCUT2D eigenvalue weighted by Crippen LogP contribution is -2.47. The number of rotatable bonds is 5. The van der Waals surface area contributed by atoms with Crippen molar-refractivity contribution in [3.05, 3.63) is 0 Å². The summed E-state index contributed by atoms with van der Waals surface area (Å²) >= 11 is 5.52. The van der Waals surface area contributed by atoms with E-state index in [-0.39, 0.29) is 11.8 Å². The SMILES string of the molecule is C[C@@H]1COCCN1S(=O)(=O)CCCCCl. The van der Waals surface area contributed by atoms with E-state index in [0.29, 0.717) is 32.1 Å². The summed E-state index contributed by atoms with van der Waals surface area (Å²) in [6.07, 6.45) is 1.38. The lowest BCUT2D eigenvalue weighted by Gasteiger charge is -2.32. The van der Waals surface area contributed by atoms with Crippen LogP contribution in [0.5, 0.6) is 0 Å². The normalized spacial score (nSPS) is 24.3. The van der Waals surface area contributed by atoms with Crippen molar-refractivity contribution in [2.45, 2.75) is 25.8 Å². The van der Waals surface area contributed by atoms with E-state index in [1.165, 1.54) is 0 Å². The second-order valence-corrected chi connectivity index (χ2v) is 6.17. The van der Waals surface area contributed by atoms with E-state index < -0.39 is 10.0 Å². The zero-order chi connectivity index (χ0) is 11.3. The van der Waals surface area contributed by atoms with Gasteiger partial charge in [0.25, 0.3) is 0 Å². The van der Waals surface area contributed by atoms with Gasteiger partial charge in [-0.25, -0.2) is 8.42 Å². The molecule has 1 atom stereocenters. The molecule has 0 radical (unpaired) electrons. The number of halogens is 1. The van der Waals surface area contributed by atoms with Crippen LogP contribution in [0, 0.1) is 0 Å². The fourth-order valence-electron chi connectivity index (χ4n) is 1.62. The van der Waals surface area contributed by atoms with Crippen molar-refractivity contribution in [3.63, 3.8) is 0 Å². The van der Waals surface area contributed by atoms with Crippen molar-refractivity contribution >= 4 is 21.6 Å². The Morgan fingerprint density at radius 1 is 1.47 bits per heavy atom. The molecule has 0 spiro atoms. The summed E-state index contributed by atoms with van der Waals surface area (Å²) in [6.45, 7) is 3.34. The predicted octanol–water partition coefficient (Wildman–Crippen LogP) is 1.06. The van der Waals surface area contributed by atoms with Gasteiger partial charge in [-0.2, -0.15) is 4.31 Å². The molecule has 15 heavy (non-hydrogen) atoms. The molecule has 0 unspecified atom stereocenters. The molecule has 1 aliphatic rings. The van der Waals surface area contributed by atoms with Gasteiger partial charge < -0.3 is 4.74 Å². The molecule has 0 N–H and O–H groups in total. The van der Waals surface area contributed by atoms with Crippen LogP contribution in [0.2, 0.25) is 0 Å². The van der Waals surface area contributed by atoms with E-state index in [1.54, 1.807) is 4.31 Å². The minimum Gasteiger partial charge on any atom is -0.378 e. The van der Waals surface area contributed by atoms with Crippen LogP contribution >= 0.6 is 11.6 Å². The molecule has 0 saturated carbocycles. The molecule has 0 aliphatic carbocycles. The molecule has 0 aromatic rings. The molecule has 4 nitrogen and oxygen atoms in total. The number of hydrogen-bond acceptors (Lipinski definition) is 3. The lowest BCUT2D eigenvalue weighted by molar-refractivity contribution is 0.0393. The van der Waals surface area contributed by atoms with Crippen LogP contribution in [0.3, 0.4) is 0 Å². The number of sulfonamides is 1. The second-order valence-electron chi connectivity index (χ2n) is 3.75. The van der Waals surface area contributed by atoms with Gasteiger partial charge in [-0.1, -0.05) is 0 Å². The largest absolute Gasteiger partial charge is 0.378 e. The van der Waals surface area contributed by atoms with Crippen molar-refractivity contribution in [2.24, 2.45) is 0 Å². The Morgan fingerprint density at radius 3 is 2.80 bits per heavy atom. The number of nitrogens with zero attached hydrogens (tertiary/aromatic N) is 1. The molecule has 1 heterocycles. The minimum absolute atomic E-state index is 0.0419. The molecule has 6 heteroatoms. The highest BCUT2D eigenvalue weighted by Gasteiger charge is 2.29. The number of morpholine rings is 1. The van der Waals surface area contributed by atoms with Gasteiger partial charge in [-0.05, 0) is 19.8 Å². The highest BCUT2D eigenvalue weighted by molar-refractivity contribution is 7.89. The third kappa shape index (κ3) is 3.90. The molecule has 1 rings (SSSR count). The van der Waals surface area contributed by atoms with Crippen LogP contribution in [-0.4, -0.2) is 50.2 Å². The number of hydrogen-bond donors (Lipinski definition) is 0. The molecule has 0 amide bonds. The number of unbranched alkanes of at least 4 members (excludes halogenated alkanes) is 1. The van der Waals surface area contributed by atoms with Crippen molar-refractivity contribution in [3.8, 4) is 0 Å². The van der Waals surface area contributed by atoms with Crippen molar-refractivity contribution < 1.29 is 13.2 Å². The Kier molecular flexibility index (Phi) is 5.32. The van der Waals surface area contributed by atoms with E-state index >= 15 is 0 Å². The zero-order valence-corrected chi connectivity index (χ0v) is 10.6. The van der Waals surface area contributed by atoms with Gasteiger partial charge in [0.1, 0.15) is 0 Å². The molecular formula is C9H18ClNO3S. The monoisotopic (exact) mass is 255 g/mol. The van der Waals surface area contributed by atoms with E-state index in [4.69, 9.17) is 16.3 Å². The molecule has 1 aliphatic heterocycles. The van der Waals surface area contributed by atoms with Crippen LogP contribution in [0.4, 0.5) is 0 Å². The first-order valence-electron chi connectivity index (χ1n) is 5.21. The van der Waals surface area contributed by atoms with Crippen molar-refractivity contribution in [2.75, 3.05) is 31.4 Å². The fourth-order valence-corrected chi connectivity index (χ4v) is 3.58. The molecule has 0 aromatic carbocycles. The second kappa shape index (κ2) is 6.03. The highest BCUT2D eigenvalue weighted by Crippen LogP contribution is 2.13. The summed E-state index contributed by atoms with van der Waals surface area (Å²) in [5.74, 6) is 0.720. The van der Waals surface area contributed by atoms with Crippen LogP contribution in [-0.2, 0) is 14.8 Å². The first-order valence-corrected chi connectivity index (χ1v) is 7.35. The van der Waals surface area contributed by atoms with Crippen LogP contribution in [0.1, 0.15) is 19.8 Å². The van der Waals surface area contributed by atoms with Gasteiger partial charge in [-0.3, -0.25) is 0 Å². The standard InChI is InChI=1S/C9H18ClNO3S/c1-9-8-14-6-5-11(9)15(12,13)7-3-2-4-10/h9H,2-8H2,1H3/t9-/m1/s1. The molecule has 1 saturated heterocycles. The van der Waals surface area contributed by atoms with Gasteiger partial charge >= 0.3 is 0 Å². The predicted molar refractivity (Wildman–Crippen MR) is 60.7 cm³/mol. The quantitative estimate of drug-likeness (QED) is 0.545. The van der Waals surface area contributed by atoms with E-state index in [9.17, 15) is 8.42 Å². The highest BCUT2D eigenvalue weighted by atomic mass is 35.5. The third-order valence-electron chi connectivity index (χ3n) is 2.45. The molecule has 0 bridgehead atoms. The maximum absolute atomic E-state index is 11.9. The molecule has 90 valence electrons. The van der Waals surface area contributed by atoms with Gasteiger partial charge in [-0.15, -0.1) is 11.6 Å². The summed E-state index contributed by atoms with van der Waals surface area (Å²) in [5.41, 5.74) is 0. The van der Waals surface area contributed by atoms with Crippen molar-refractivity contribution in [1.82, 2.24) is 4.31 Å². The first-order chi connectivity index (χ1) is 7.08. The smallest absolute Gasteiger partial charge is 0.214 e. The first kappa shape index (κ1) is 13.2. The summed E-state index contributed by atoms with van der Waals surface area (Å²) < 4.78 is 30.5. The average molecular weight is 256 g/mol. The molecule has 1 fully saturated rings. The summed E-state index contributed by atoms with van der Waals surface area (Å²) in [6, 6.07) is -0.0419. The Balaban J connectivity index is 2.51. The summed E-state index contributed by atoms with van der Waals surface area (Å²) in [4.78, 5) is 0. The number of alkyl halides is 1. The maximum atomic E-state index is 11.9. The zero-order valence-electron chi connectivity index (χ0n) is 8.99. The van der Waals surface area contributed by atoms with Gasteiger partial charge in [0, 0.05) is 18.5 Å². The average Bonchev–Trinajstić information content (AvgIpc) is 2.18. The third-order valence-corrected chi connectivity index (χ3v) is 4.78. The van der Waals surface area contributed by atoms with E-state index in [2.05, 4.69) is 0 Å². The van der Waals surface area contributed by atoms with E-state index in [1.807, 2.05) is 6.92 Å². The fraction of sp³-hybridized carbons (Fsp3) is 1.00. The maximum Gasteiger partial charge on any atom is 0.214 e. The van der Waals surface area contributed by atoms with E-state index in [0.717, 1.165) is 6.42 Å². The topological polar surface area (TPSA) is 46.6 Å².